The Morgan fingerprint density at radius 3 is 2.71 bits per heavy atom. The summed E-state index contributed by atoms with van der Waals surface area (Å²) in [7, 11) is 0. The lowest BCUT2D eigenvalue weighted by molar-refractivity contribution is -0.385. The van der Waals surface area contributed by atoms with Crippen LogP contribution in [0, 0.1) is 10.1 Å². The maximum Gasteiger partial charge on any atom is 0.310 e. The van der Waals surface area contributed by atoms with E-state index in [9.17, 15) is 15.2 Å². The van der Waals surface area contributed by atoms with Gasteiger partial charge in [0.25, 0.3) is 0 Å². The first-order valence-electron chi connectivity index (χ1n) is 3.90. The summed E-state index contributed by atoms with van der Waals surface area (Å²) in [5.41, 5.74) is 0.272. The molecule has 1 aromatic carbocycles. The number of phenols is 1. The van der Waals surface area contributed by atoms with Gasteiger partial charge in [0.1, 0.15) is 0 Å². The lowest BCUT2D eigenvalue weighted by atomic mass is 10.2. The van der Waals surface area contributed by atoms with Crippen LogP contribution < -0.4 is 0 Å². The zero-order valence-corrected chi connectivity index (χ0v) is 7.25. The summed E-state index contributed by atoms with van der Waals surface area (Å²) in [6.07, 6.45) is 3.03. The fraction of sp³-hybridized carbons (Fsp3) is 0.111. The number of phenolic OH excluding ortho intramolecular Hbond substituents is 1. The second kappa shape index (κ2) is 4.38. The van der Waals surface area contributed by atoms with Gasteiger partial charge in [-0.1, -0.05) is 12.2 Å². The molecule has 0 amide bonds. The Bertz CT molecular complexity index is 373. The summed E-state index contributed by atoms with van der Waals surface area (Å²) >= 11 is 0. The van der Waals surface area contributed by atoms with E-state index >= 15 is 0 Å². The molecule has 1 rings (SSSR count). The predicted molar refractivity (Wildman–Crippen MR) is 50.9 cm³/mol. The van der Waals surface area contributed by atoms with Crippen LogP contribution in [0.5, 0.6) is 5.75 Å². The zero-order chi connectivity index (χ0) is 10.6. The summed E-state index contributed by atoms with van der Waals surface area (Å²) in [5, 5.41) is 28.0. The van der Waals surface area contributed by atoms with E-state index in [1.165, 1.54) is 24.3 Å². The number of hydrogen-bond donors (Lipinski definition) is 2. The predicted octanol–water partition coefficient (Wildman–Crippen LogP) is 1.31. The van der Waals surface area contributed by atoms with E-state index in [1.54, 1.807) is 6.08 Å². The van der Waals surface area contributed by atoms with Crippen molar-refractivity contribution in [2.75, 3.05) is 6.61 Å². The van der Waals surface area contributed by atoms with Gasteiger partial charge in [-0.15, -0.1) is 0 Å². The first-order chi connectivity index (χ1) is 6.65. The van der Waals surface area contributed by atoms with E-state index in [4.69, 9.17) is 5.11 Å². The van der Waals surface area contributed by atoms with E-state index in [1.807, 2.05) is 0 Å². The van der Waals surface area contributed by atoms with Crippen LogP contribution in [0.2, 0.25) is 0 Å². The molecule has 14 heavy (non-hydrogen) atoms. The Kier molecular flexibility index (Phi) is 3.19. The number of nitrogens with zero attached hydrogens (tertiary/aromatic N) is 1. The van der Waals surface area contributed by atoms with Crippen molar-refractivity contribution in [2.24, 2.45) is 0 Å². The third-order valence-corrected chi connectivity index (χ3v) is 1.61. The molecule has 0 aromatic heterocycles. The van der Waals surface area contributed by atoms with E-state index in [0.717, 1.165) is 0 Å². The highest BCUT2D eigenvalue weighted by atomic mass is 16.6. The van der Waals surface area contributed by atoms with Gasteiger partial charge in [0.2, 0.25) is 0 Å². The Morgan fingerprint density at radius 1 is 1.50 bits per heavy atom. The summed E-state index contributed by atoms with van der Waals surface area (Å²) in [4.78, 5) is 9.68. The van der Waals surface area contributed by atoms with Crippen molar-refractivity contribution >= 4 is 11.8 Å². The molecule has 5 nitrogen and oxygen atoms in total. The van der Waals surface area contributed by atoms with Crippen molar-refractivity contribution in [1.82, 2.24) is 0 Å². The number of nitro groups is 1. The summed E-state index contributed by atoms with van der Waals surface area (Å²) in [5.74, 6) is -0.380. The largest absolute Gasteiger partial charge is 0.502 e. The van der Waals surface area contributed by atoms with Gasteiger partial charge in [-0.3, -0.25) is 10.1 Å². The maximum atomic E-state index is 10.3. The van der Waals surface area contributed by atoms with Gasteiger partial charge >= 0.3 is 5.69 Å². The minimum absolute atomic E-state index is 0.113. The molecule has 0 aliphatic carbocycles. The van der Waals surface area contributed by atoms with Gasteiger partial charge in [-0.2, -0.15) is 0 Å². The molecule has 0 saturated carbocycles. The Hall–Kier alpha value is -1.88. The van der Waals surface area contributed by atoms with Crippen LogP contribution in [0.1, 0.15) is 5.56 Å². The van der Waals surface area contributed by atoms with Crippen LogP contribution in [0.3, 0.4) is 0 Å². The van der Waals surface area contributed by atoms with Crippen LogP contribution in [0.15, 0.2) is 24.3 Å². The molecule has 1 aromatic rings. The van der Waals surface area contributed by atoms with Gasteiger partial charge in [0.05, 0.1) is 11.5 Å². The number of aliphatic hydroxyl groups is 1. The number of benzene rings is 1. The molecule has 0 saturated heterocycles. The molecule has 0 fully saturated rings. The molecule has 74 valence electrons. The summed E-state index contributed by atoms with van der Waals surface area (Å²) < 4.78 is 0. The number of aromatic hydroxyl groups is 1. The highest BCUT2D eigenvalue weighted by Crippen LogP contribution is 2.26. The molecule has 0 bridgehead atoms. The second-order valence-electron chi connectivity index (χ2n) is 2.59. The molecule has 0 heterocycles. The van der Waals surface area contributed by atoms with Gasteiger partial charge < -0.3 is 10.2 Å². The molecular formula is C9H9NO4. The highest BCUT2D eigenvalue weighted by molar-refractivity contribution is 5.57. The molecule has 0 spiro atoms. The molecular weight excluding hydrogens is 186 g/mol. The average Bonchev–Trinajstić information content (AvgIpc) is 2.14. The van der Waals surface area contributed by atoms with Crippen molar-refractivity contribution in [3.8, 4) is 5.75 Å². The SMILES string of the molecule is O=[N+]([O-])c1ccc(/C=C/CO)cc1O. The van der Waals surface area contributed by atoms with Crippen molar-refractivity contribution < 1.29 is 15.1 Å². The second-order valence-corrected chi connectivity index (χ2v) is 2.59. The Balaban J connectivity index is 3.00. The van der Waals surface area contributed by atoms with Gasteiger partial charge in [0, 0.05) is 6.07 Å². The van der Waals surface area contributed by atoms with Crippen LogP contribution in [-0.2, 0) is 0 Å². The van der Waals surface area contributed by atoms with E-state index in [0.29, 0.717) is 5.56 Å². The van der Waals surface area contributed by atoms with Gasteiger partial charge in [-0.25, -0.2) is 0 Å². The fourth-order valence-corrected chi connectivity index (χ4v) is 0.987. The molecule has 2 N–H and O–H groups in total. The van der Waals surface area contributed by atoms with Crippen molar-refractivity contribution in [3.63, 3.8) is 0 Å². The summed E-state index contributed by atoms with van der Waals surface area (Å²) in [6.45, 7) is -0.113. The molecule has 0 atom stereocenters. The number of rotatable bonds is 3. The average molecular weight is 195 g/mol. The quantitative estimate of drug-likeness (QED) is 0.562. The van der Waals surface area contributed by atoms with E-state index in [-0.39, 0.29) is 18.0 Å². The molecule has 0 radical (unpaired) electrons. The topological polar surface area (TPSA) is 83.6 Å². The molecule has 0 aliphatic rings. The lowest BCUT2D eigenvalue weighted by Gasteiger charge is -1.97. The third kappa shape index (κ3) is 2.30. The fourth-order valence-electron chi connectivity index (χ4n) is 0.987. The lowest BCUT2D eigenvalue weighted by Crippen LogP contribution is -1.88. The van der Waals surface area contributed by atoms with Crippen molar-refractivity contribution in [2.45, 2.75) is 0 Å². The number of nitro benzene ring substituents is 1. The van der Waals surface area contributed by atoms with Crippen LogP contribution in [0.25, 0.3) is 6.08 Å². The number of aliphatic hydroxyl groups excluding tert-OH is 1. The standard InChI is InChI=1S/C9H9NO4/c11-5-1-2-7-3-4-8(10(13)14)9(12)6-7/h1-4,6,11-12H,5H2/b2-1+. The Morgan fingerprint density at radius 2 is 2.21 bits per heavy atom. The minimum atomic E-state index is -0.658. The molecule has 0 unspecified atom stereocenters. The van der Waals surface area contributed by atoms with Gasteiger partial charge in [-0.05, 0) is 17.7 Å². The van der Waals surface area contributed by atoms with Crippen LogP contribution >= 0.6 is 0 Å². The van der Waals surface area contributed by atoms with E-state index in [2.05, 4.69) is 0 Å². The minimum Gasteiger partial charge on any atom is -0.502 e. The molecule has 5 heteroatoms. The van der Waals surface area contributed by atoms with Crippen molar-refractivity contribution in [3.05, 3.63) is 40.0 Å². The van der Waals surface area contributed by atoms with Crippen LogP contribution in [0.4, 0.5) is 5.69 Å². The zero-order valence-electron chi connectivity index (χ0n) is 7.25. The monoisotopic (exact) mass is 195 g/mol. The first-order valence-corrected chi connectivity index (χ1v) is 3.90. The smallest absolute Gasteiger partial charge is 0.310 e. The van der Waals surface area contributed by atoms with Gasteiger partial charge in [0.15, 0.2) is 5.75 Å². The third-order valence-electron chi connectivity index (χ3n) is 1.61. The van der Waals surface area contributed by atoms with E-state index < -0.39 is 4.92 Å². The van der Waals surface area contributed by atoms with Crippen molar-refractivity contribution in [1.29, 1.82) is 0 Å². The Labute approximate surface area is 80.1 Å². The normalized spacial score (nSPS) is 10.6. The number of hydrogen-bond acceptors (Lipinski definition) is 4. The summed E-state index contributed by atoms with van der Waals surface area (Å²) in [6, 6.07) is 3.97. The first kappa shape index (κ1) is 10.2. The highest BCUT2D eigenvalue weighted by Gasteiger charge is 2.11. The maximum absolute atomic E-state index is 10.3. The molecule has 0 aliphatic heterocycles. The van der Waals surface area contributed by atoms with Crippen LogP contribution in [-0.4, -0.2) is 21.7 Å².